The molecule has 1 amide bonds. The number of amides is 1. The van der Waals surface area contributed by atoms with Crippen molar-refractivity contribution < 1.29 is 4.79 Å². The molecule has 0 saturated carbocycles. The fourth-order valence-electron chi connectivity index (χ4n) is 1.70. The summed E-state index contributed by atoms with van der Waals surface area (Å²) in [6, 6.07) is 2.25. The summed E-state index contributed by atoms with van der Waals surface area (Å²) in [5.74, 6) is 0.514. The van der Waals surface area contributed by atoms with Crippen LogP contribution in [0.5, 0.6) is 0 Å². The molecule has 4 nitrogen and oxygen atoms in total. The highest BCUT2D eigenvalue weighted by atomic mass is 16.2. The molecule has 1 unspecified atom stereocenters. The molecular formula is C14H25N3O. The van der Waals surface area contributed by atoms with Crippen LogP contribution in [0.2, 0.25) is 0 Å². The van der Waals surface area contributed by atoms with E-state index < -0.39 is 0 Å². The summed E-state index contributed by atoms with van der Waals surface area (Å²) in [6.45, 7) is 8.58. The fourth-order valence-corrected chi connectivity index (χ4v) is 1.70. The van der Waals surface area contributed by atoms with Crippen LogP contribution >= 0.6 is 0 Å². The fraction of sp³-hybridized carbons (Fsp3) is 0.643. The third kappa shape index (κ3) is 3.60. The van der Waals surface area contributed by atoms with E-state index >= 15 is 0 Å². The topological polar surface area (TPSA) is 51.3 Å². The average molecular weight is 251 g/mol. The Morgan fingerprint density at radius 3 is 2.50 bits per heavy atom. The SMILES string of the molecule is CC(C)C(N)c1ccn(CC(=O)N(C)C(C)C)c1. The van der Waals surface area contributed by atoms with Crippen LogP contribution in [0.3, 0.4) is 0 Å². The Balaban J connectivity index is 2.67. The lowest BCUT2D eigenvalue weighted by molar-refractivity contribution is -0.131. The number of carbonyl (C=O) groups excluding carboxylic acids is 1. The number of hydrogen-bond donors (Lipinski definition) is 1. The molecule has 2 N–H and O–H groups in total. The summed E-state index contributed by atoms with van der Waals surface area (Å²) < 4.78 is 1.90. The zero-order valence-electron chi connectivity index (χ0n) is 12.1. The molecular weight excluding hydrogens is 226 g/mol. The molecule has 0 aromatic carbocycles. The first-order valence-corrected chi connectivity index (χ1v) is 6.49. The van der Waals surface area contributed by atoms with Crippen molar-refractivity contribution in [3.8, 4) is 0 Å². The van der Waals surface area contributed by atoms with E-state index in [1.165, 1.54) is 0 Å². The van der Waals surface area contributed by atoms with Crippen LogP contribution in [0.15, 0.2) is 18.5 Å². The molecule has 0 aliphatic heterocycles. The van der Waals surface area contributed by atoms with E-state index in [0.717, 1.165) is 5.56 Å². The van der Waals surface area contributed by atoms with E-state index in [2.05, 4.69) is 13.8 Å². The molecule has 1 aromatic heterocycles. The van der Waals surface area contributed by atoms with Gasteiger partial charge in [-0.1, -0.05) is 13.8 Å². The molecule has 1 heterocycles. The largest absolute Gasteiger partial charge is 0.345 e. The van der Waals surface area contributed by atoms with Crippen LogP contribution in [0.25, 0.3) is 0 Å². The molecule has 0 spiro atoms. The first-order chi connectivity index (χ1) is 8.32. The molecule has 1 aromatic rings. The zero-order chi connectivity index (χ0) is 13.9. The molecule has 0 aliphatic rings. The van der Waals surface area contributed by atoms with E-state index in [4.69, 9.17) is 5.73 Å². The van der Waals surface area contributed by atoms with Crippen molar-refractivity contribution in [1.29, 1.82) is 0 Å². The Hall–Kier alpha value is -1.29. The van der Waals surface area contributed by atoms with Crippen molar-refractivity contribution in [2.24, 2.45) is 11.7 Å². The molecule has 1 rings (SSSR count). The zero-order valence-corrected chi connectivity index (χ0v) is 12.1. The molecule has 4 heteroatoms. The second-order valence-electron chi connectivity index (χ2n) is 5.49. The minimum atomic E-state index is 0.0316. The van der Waals surface area contributed by atoms with Gasteiger partial charge in [0, 0.05) is 31.5 Å². The van der Waals surface area contributed by atoms with E-state index in [1.54, 1.807) is 4.90 Å². The normalized spacial score (nSPS) is 13.1. The van der Waals surface area contributed by atoms with Gasteiger partial charge < -0.3 is 15.2 Å². The maximum absolute atomic E-state index is 11.9. The van der Waals surface area contributed by atoms with Crippen LogP contribution in [0.4, 0.5) is 0 Å². The summed E-state index contributed by atoms with van der Waals surface area (Å²) in [4.78, 5) is 13.7. The van der Waals surface area contributed by atoms with Crippen molar-refractivity contribution in [2.45, 2.75) is 46.3 Å². The minimum absolute atomic E-state index is 0.0316. The summed E-state index contributed by atoms with van der Waals surface area (Å²) in [7, 11) is 1.83. The Kier molecular flexibility index (Phi) is 4.96. The Bertz CT molecular complexity index is 395. The number of aromatic nitrogens is 1. The smallest absolute Gasteiger partial charge is 0.242 e. The number of nitrogens with two attached hydrogens (primary N) is 1. The predicted molar refractivity (Wildman–Crippen MR) is 74.1 cm³/mol. The second kappa shape index (κ2) is 6.05. The Morgan fingerprint density at radius 1 is 1.39 bits per heavy atom. The van der Waals surface area contributed by atoms with Crippen LogP contribution in [0.1, 0.15) is 39.3 Å². The minimum Gasteiger partial charge on any atom is -0.345 e. The van der Waals surface area contributed by atoms with Gasteiger partial charge in [0.2, 0.25) is 5.91 Å². The molecule has 0 bridgehead atoms. The molecule has 0 aliphatic carbocycles. The highest BCUT2D eigenvalue weighted by Gasteiger charge is 2.15. The van der Waals surface area contributed by atoms with Crippen LogP contribution in [-0.4, -0.2) is 28.5 Å². The van der Waals surface area contributed by atoms with Gasteiger partial charge in [-0.3, -0.25) is 4.79 Å². The highest BCUT2D eigenvalue weighted by molar-refractivity contribution is 5.76. The van der Waals surface area contributed by atoms with Gasteiger partial charge in [-0.05, 0) is 31.4 Å². The van der Waals surface area contributed by atoms with Gasteiger partial charge in [0.1, 0.15) is 6.54 Å². The molecule has 0 radical (unpaired) electrons. The Morgan fingerprint density at radius 2 is 2.00 bits per heavy atom. The molecule has 102 valence electrons. The van der Waals surface area contributed by atoms with Crippen molar-refractivity contribution >= 4 is 5.91 Å². The molecule has 18 heavy (non-hydrogen) atoms. The molecule has 0 fully saturated rings. The summed E-state index contributed by atoms with van der Waals surface area (Å²) in [5, 5.41) is 0. The first kappa shape index (κ1) is 14.8. The van der Waals surface area contributed by atoms with Crippen molar-refractivity contribution in [1.82, 2.24) is 9.47 Å². The number of likely N-dealkylation sites (N-methyl/N-ethyl adjacent to an activating group) is 1. The monoisotopic (exact) mass is 251 g/mol. The maximum atomic E-state index is 11.9. The highest BCUT2D eigenvalue weighted by Crippen LogP contribution is 2.18. The van der Waals surface area contributed by atoms with Gasteiger partial charge in [-0.2, -0.15) is 0 Å². The van der Waals surface area contributed by atoms with Crippen LogP contribution < -0.4 is 5.73 Å². The maximum Gasteiger partial charge on any atom is 0.242 e. The lowest BCUT2D eigenvalue weighted by Crippen LogP contribution is -2.35. The van der Waals surface area contributed by atoms with Gasteiger partial charge in [-0.25, -0.2) is 0 Å². The summed E-state index contributed by atoms with van der Waals surface area (Å²) in [6.07, 6.45) is 3.89. The molecule has 1 atom stereocenters. The van der Waals surface area contributed by atoms with Gasteiger partial charge in [0.15, 0.2) is 0 Å². The van der Waals surface area contributed by atoms with E-state index in [-0.39, 0.29) is 18.0 Å². The van der Waals surface area contributed by atoms with Crippen molar-refractivity contribution in [2.75, 3.05) is 7.05 Å². The third-order valence-corrected chi connectivity index (χ3v) is 3.36. The lowest BCUT2D eigenvalue weighted by atomic mass is 10.00. The number of nitrogens with zero attached hydrogens (tertiary/aromatic N) is 2. The van der Waals surface area contributed by atoms with Gasteiger partial charge >= 0.3 is 0 Å². The molecule has 0 saturated heterocycles. The van der Waals surface area contributed by atoms with Crippen LogP contribution in [-0.2, 0) is 11.3 Å². The second-order valence-corrected chi connectivity index (χ2v) is 5.49. The van der Waals surface area contributed by atoms with Gasteiger partial charge in [-0.15, -0.1) is 0 Å². The van der Waals surface area contributed by atoms with E-state index in [1.807, 2.05) is 43.9 Å². The average Bonchev–Trinajstić information content (AvgIpc) is 2.74. The van der Waals surface area contributed by atoms with E-state index in [0.29, 0.717) is 12.5 Å². The van der Waals surface area contributed by atoms with Crippen LogP contribution in [0, 0.1) is 5.92 Å². The lowest BCUT2D eigenvalue weighted by Gasteiger charge is -2.21. The summed E-state index contributed by atoms with van der Waals surface area (Å²) in [5.41, 5.74) is 7.17. The van der Waals surface area contributed by atoms with E-state index in [9.17, 15) is 4.79 Å². The quantitative estimate of drug-likeness (QED) is 0.870. The first-order valence-electron chi connectivity index (χ1n) is 6.49. The van der Waals surface area contributed by atoms with Crippen molar-refractivity contribution in [3.63, 3.8) is 0 Å². The van der Waals surface area contributed by atoms with Gasteiger partial charge in [0.25, 0.3) is 0 Å². The number of hydrogen-bond acceptors (Lipinski definition) is 2. The Labute approximate surface area is 110 Å². The number of rotatable bonds is 5. The van der Waals surface area contributed by atoms with Gasteiger partial charge in [0.05, 0.1) is 0 Å². The van der Waals surface area contributed by atoms with Crippen molar-refractivity contribution in [3.05, 3.63) is 24.0 Å². The standard InChI is InChI=1S/C14H25N3O/c1-10(2)14(15)12-6-7-17(8-12)9-13(18)16(5)11(3)4/h6-8,10-11,14H,9,15H2,1-5H3. The predicted octanol–water partition coefficient (Wildman–Crippen LogP) is 2.01. The third-order valence-electron chi connectivity index (χ3n) is 3.36. The number of carbonyl (C=O) groups is 1. The summed E-state index contributed by atoms with van der Waals surface area (Å²) >= 11 is 0.